The van der Waals surface area contributed by atoms with Crippen molar-refractivity contribution < 1.29 is 80.2 Å². The van der Waals surface area contributed by atoms with Crippen molar-refractivity contribution in [2.24, 2.45) is 11.8 Å². The Morgan fingerprint density at radius 3 is 0.891 bits per heavy atom. The third kappa shape index (κ3) is 66.2. The highest BCUT2D eigenvalue weighted by Crippen LogP contribution is 2.45. The summed E-state index contributed by atoms with van der Waals surface area (Å²) in [5, 5.41) is 10.6. The first-order valence-corrected chi connectivity index (χ1v) is 40.3. The van der Waals surface area contributed by atoms with Crippen molar-refractivity contribution in [2.45, 2.75) is 368 Å². The van der Waals surface area contributed by atoms with Crippen LogP contribution in [0.1, 0.15) is 350 Å². The zero-order chi connectivity index (χ0) is 67.9. The first-order valence-electron chi connectivity index (χ1n) is 37.3. The Kier molecular flexibility index (Phi) is 62.8. The molecule has 0 fully saturated rings. The number of aliphatic hydroxyl groups excluding tert-OH is 1. The molecule has 0 aliphatic rings. The van der Waals surface area contributed by atoms with Crippen LogP contribution in [0.15, 0.2) is 24.3 Å². The van der Waals surface area contributed by atoms with Gasteiger partial charge < -0.3 is 33.8 Å². The Labute approximate surface area is 561 Å². The third-order valence-corrected chi connectivity index (χ3v) is 18.2. The maximum atomic E-state index is 13.0. The number of aliphatic hydroxyl groups is 1. The minimum Gasteiger partial charge on any atom is -0.462 e. The lowest BCUT2D eigenvalue weighted by molar-refractivity contribution is -0.161. The van der Waals surface area contributed by atoms with Gasteiger partial charge in [0.1, 0.15) is 19.3 Å². The van der Waals surface area contributed by atoms with Gasteiger partial charge in [0.2, 0.25) is 0 Å². The molecule has 0 radical (unpaired) electrons. The van der Waals surface area contributed by atoms with E-state index in [1.165, 1.54) is 135 Å². The molecule has 0 saturated carbocycles. The number of allylic oxidation sites excluding steroid dienone is 4. The maximum absolute atomic E-state index is 13.0. The van der Waals surface area contributed by atoms with E-state index < -0.39 is 97.5 Å². The molecule has 0 saturated heterocycles. The summed E-state index contributed by atoms with van der Waals surface area (Å²) in [4.78, 5) is 72.5. The van der Waals surface area contributed by atoms with Crippen LogP contribution in [0.5, 0.6) is 0 Å². The normalized spacial score (nSPS) is 14.2. The number of hydrogen-bond acceptors (Lipinski definition) is 15. The highest BCUT2D eigenvalue weighted by atomic mass is 31.2. The van der Waals surface area contributed by atoms with Crippen LogP contribution in [0.4, 0.5) is 0 Å². The summed E-state index contributed by atoms with van der Waals surface area (Å²) in [7, 11) is -9.91. The standard InChI is InChI=1S/C73H138O17P2/c1-7-9-11-13-15-16-17-18-21-25-28-31-38-44-50-56-71(76)84-62-69(89-72(77)57-51-45-39-32-29-26-23-20-19-22-24-27-30-36-41-47-53-65(3)4)64-88-92(81,82)86-60-67(74)59-85-91(79,80)87-63-68(61-83-70(75)55-49-43-35-14-12-10-8-2)90-73(78)58-52-46-40-34-33-37-42-48-54-66(5)6/h16-18,21,65-69,74H,7-15,19-20,22-64H2,1-6H3,(H,79,80)(H,81,82)/b17-16-,21-18-/t67-,68+,69+/m0/s1. The second kappa shape index (κ2) is 64.5. The molecule has 2 unspecified atom stereocenters. The van der Waals surface area contributed by atoms with Gasteiger partial charge in [0.05, 0.1) is 26.4 Å². The Bertz CT molecular complexity index is 1880. The van der Waals surface area contributed by atoms with E-state index in [-0.39, 0.29) is 25.7 Å². The number of esters is 4. The van der Waals surface area contributed by atoms with Crippen LogP contribution in [0, 0.1) is 11.8 Å². The van der Waals surface area contributed by atoms with E-state index in [1.807, 2.05) is 0 Å². The van der Waals surface area contributed by atoms with Crippen molar-refractivity contribution in [3.8, 4) is 0 Å². The molecule has 3 N–H and O–H groups in total. The molecule has 0 spiro atoms. The molecule has 17 nitrogen and oxygen atoms in total. The summed E-state index contributed by atoms with van der Waals surface area (Å²) in [6.45, 7) is 9.45. The minimum atomic E-state index is -4.96. The van der Waals surface area contributed by atoms with Crippen molar-refractivity contribution in [3.63, 3.8) is 0 Å². The molecular weight excluding hydrogens is 1210 g/mol. The lowest BCUT2D eigenvalue weighted by atomic mass is 10.0. The molecule has 542 valence electrons. The van der Waals surface area contributed by atoms with Crippen LogP contribution in [-0.2, 0) is 65.4 Å². The van der Waals surface area contributed by atoms with Gasteiger partial charge in [0.15, 0.2) is 12.2 Å². The van der Waals surface area contributed by atoms with E-state index in [9.17, 15) is 43.2 Å². The average Bonchev–Trinajstić information content (AvgIpc) is 1.81. The smallest absolute Gasteiger partial charge is 0.462 e. The monoisotopic (exact) mass is 1350 g/mol. The number of phosphoric ester groups is 2. The SMILES string of the molecule is CCCCCC/C=C\C=C/CCCCCCCC(=O)OC[C@H](COP(=O)(O)OC[C@@H](O)COP(=O)(O)OC[C@@H](COC(=O)CCCCCCCCC)OC(=O)CCCCCCCCCCC(C)C)OC(=O)CCCCCCCCCCCCCCCCCCC(C)C. The topological polar surface area (TPSA) is 237 Å². The highest BCUT2D eigenvalue weighted by Gasteiger charge is 2.30. The van der Waals surface area contributed by atoms with Crippen molar-refractivity contribution in [1.29, 1.82) is 0 Å². The van der Waals surface area contributed by atoms with E-state index in [0.29, 0.717) is 25.7 Å². The first kappa shape index (κ1) is 89.5. The van der Waals surface area contributed by atoms with Gasteiger partial charge in [-0.3, -0.25) is 37.3 Å². The minimum absolute atomic E-state index is 0.101. The van der Waals surface area contributed by atoms with Crippen LogP contribution >= 0.6 is 15.6 Å². The number of carbonyl (C=O) groups excluding carboxylic acids is 4. The average molecular weight is 1350 g/mol. The fourth-order valence-electron chi connectivity index (χ4n) is 10.6. The zero-order valence-electron chi connectivity index (χ0n) is 59.3. The number of carbonyl (C=O) groups is 4. The van der Waals surface area contributed by atoms with Crippen LogP contribution in [0.25, 0.3) is 0 Å². The fraction of sp³-hybridized carbons (Fsp3) is 0.890. The third-order valence-electron chi connectivity index (χ3n) is 16.3. The van der Waals surface area contributed by atoms with E-state index in [1.54, 1.807) is 0 Å². The summed E-state index contributed by atoms with van der Waals surface area (Å²) in [5.41, 5.74) is 0. The molecule has 92 heavy (non-hydrogen) atoms. The largest absolute Gasteiger partial charge is 0.472 e. The molecule has 19 heteroatoms. The molecule has 5 atom stereocenters. The molecule has 0 aromatic carbocycles. The van der Waals surface area contributed by atoms with Crippen LogP contribution in [0.3, 0.4) is 0 Å². The van der Waals surface area contributed by atoms with Crippen LogP contribution < -0.4 is 0 Å². The Hall–Kier alpha value is -2.46. The second-order valence-electron chi connectivity index (χ2n) is 26.6. The van der Waals surface area contributed by atoms with E-state index in [4.69, 9.17) is 37.0 Å². The lowest BCUT2D eigenvalue weighted by Crippen LogP contribution is -2.30. The number of ether oxygens (including phenoxy) is 4. The number of unbranched alkanes of at least 4 members (excludes halogenated alkanes) is 37. The van der Waals surface area contributed by atoms with Gasteiger partial charge in [-0.05, 0) is 63.2 Å². The van der Waals surface area contributed by atoms with Gasteiger partial charge in [0.25, 0.3) is 0 Å². The molecule has 0 aromatic heterocycles. The lowest BCUT2D eigenvalue weighted by Gasteiger charge is -2.21. The summed E-state index contributed by atoms with van der Waals surface area (Å²) in [6, 6.07) is 0. The van der Waals surface area contributed by atoms with Gasteiger partial charge in [-0.2, -0.15) is 0 Å². The predicted molar refractivity (Wildman–Crippen MR) is 372 cm³/mol. The Balaban J connectivity index is 5.22. The molecule has 0 aliphatic carbocycles. The van der Waals surface area contributed by atoms with Gasteiger partial charge >= 0.3 is 39.5 Å². The zero-order valence-corrected chi connectivity index (χ0v) is 61.1. The summed E-state index contributed by atoms with van der Waals surface area (Å²) in [6.07, 6.45) is 53.8. The summed E-state index contributed by atoms with van der Waals surface area (Å²) < 4.78 is 68.2. The molecule has 0 aliphatic heterocycles. The van der Waals surface area contributed by atoms with Crippen molar-refractivity contribution in [2.75, 3.05) is 39.6 Å². The number of hydrogen-bond donors (Lipinski definition) is 3. The maximum Gasteiger partial charge on any atom is 0.472 e. The van der Waals surface area contributed by atoms with Crippen molar-refractivity contribution >= 4 is 39.5 Å². The first-order chi connectivity index (χ1) is 44.4. The Morgan fingerprint density at radius 1 is 0.337 bits per heavy atom. The number of phosphoric acid groups is 2. The quantitative estimate of drug-likeness (QED) is 0.0169. The second-order valence-corrected chi connectivity index (χ2v) is 29.5. The van der Waals surface area contributed by atoms with Crippen molar-refractivity contribution in [1.82, 2.24) is 0 Å². The van der Waals surface area contributed by atoms with Gasteiger partial charge in [-0.25, -0.2) is 9.13 Å². The molecule has 0 amide bonds. The summed E-state index contributed by atoms with van der Waals surface area (Å²) in [5.74, 6) is -0.633. The molecular formula is C73H138O17P2. The van der Waals surface area contributed by atoms with E-state index in [2.05, 4.69) is 65.8 Å². The highest BCUT2D eigenvalue weighted by molar-refractivity contribution is 7.47. The van der Waals surface area contributed by atoms with E-state index in [0.717, 1.165) is 134 Å². The van der Waals surface area contributed by atoms with Crippen LogP contribution in [-0.4, -0.2) is 96.7 Å². The molecule has 0 bridgehead atoms. The van der Waals surface area contributed by atoms with E-state index >= 15 is 0 Å². The van der Waals surface area contributed by atoms with Crippen LogP contribution in [0.2, 0.25) is 0 Å². The Morgan fingerprint density at radius 2 is 0.587 bits per heavy atom. The van der Waals surface area contributed by atoms with Gasteiger partial charge in [-0.1, -0.05) is 297 Å². The fourth-order valence-corrected chi connectivity index (χ4v) is 12.2. The molecule has 0 heterocycles. The molecule has 0 rings (SSSR count). The van der Waals surface area contributed by atoms with Gasteiger partial charge in [0, 0.05) is 25.7 Å². The van der Waals surface area contributed by atoms with Gasteiger partial charge in [-0.15, -0.1) is 0 Å². The molecule has 0 aromatic rings. The number of rotatable bonds is 70. The summed E-state index contributed by atoms with van der Waals surface area (Å²) >= 11 is 0. The van der Waals surface area contributed by atoms with Crippen molar-refractivity contribution in [3.05, 3.63) is 24.3 Å². The predicted octanol–water partition coefficient (Wildman–Crippen LogP) is 20.7.